The Labute approximate surface area is 327 Å². The third-order valence-corrected chi connectivity index (χ3v) is 12.7. The Bertz CT molecular complexity index is 2300. The first-order valence-corrected chi connectivity index (χ1v) is 21.7. The first kappa shape index (κ1) is 41.7. The normalized spacial score (nSPS) is 17.7. The number of hydrogen-bond donors (Lipinski definition) is 4. The summed E-state index contributed by atoms with van der Waals surface area (Å²) in [5.74, 6) is 0. The minimum atomic E-state index is -4.37. The highest BCUT2D eigenvalue weighted by Gasteiger charge is 2.40. The Hall–Kier alpha value is -4.42. The molecule has 1 heterocycles. The van der Waals surface area contributed by atoms with Crippen LogP contribution in [0.3, 0.4) is 0 Å². The van der Waals surface area contributed by atoms with Crippen LogP contribution in [0.5, 0.6) is 0 Å². The first-order valence-electron chi connectivity index (χ1n) is 18.8. The van der Waals surface area contributed by atoms with Crippen LogP contribution in [0.2, 0.25) is 0 Å². The smallest absolute Gasteiger partial charge is 0.294 e. The molecule has 3 aromatic carbocycles. The number of anilines is 2. The zero-order chi connectivity index (χ0) is 40.3. The van der Waals surface area contributed by atoms with Crippen molar-refractivity contribution in [3.63, 3.8) is 0 Å². The van der Waals surface area contributed by atoms with Crippen molar-refractivity contribution in [3.05, 3.63) is 142 Å². The van der Waals surface area contributed by atoms with E-state index in [0.29, 0.717) is 6.54 Å². The number of nitrogens with zero attached hydrogens (tertiary/aromatic N) is 1. The van der Waals surface area contributed by atoms with Crippen molar-refractivity contribution in [3.8, 4) is 0 Å². The standard InChI is InChI=1S/C44H55N3O6S2/c1-8-9-27-47-40-23-22-37(55(51,52)53)29-39(40)44(6,7)41(47)24-18-34-12-10-11-33(42(34)46-26-25-32-15-19-35(45)20-16-32)17-14-31(3)43(4,5)38-28-36(54(48,49)50)21-13-30(38)2/h13-24,28-29,46H,3,8-12,25-27,45H2,1-2,4-7H3,(H,48,49,50)(H,51,52,53)/b17-14+,34-18+,41-24+. The summed E-state index contributed by atoms with van der Waals surface area (Å²) in [5.41, 5.74) is 15.3. The Kier molecular flexibility index (Phi) is 12.4. The number of fused-ring (bicyclic) bond motifs is 1. The molecule has 0 atom stereocenters. The van der Waals surface area contributed by atoms with Gasteiger partial charge in [0, 0.05) is 46.7 Å². The van der Waals surface area contributed by atoms with Crippen LogP contribution in [0.15, 0.2) is 129 Å². The molecule has 0 saturated heterocycles. The third kappa shape index (κ3) is 9.35. The first-order chi connectivity index (χ1) is 25.7. The molecule has 0 unspecified atom stereocenters. The molecule has 5 N–H and O–H groups in total. The van der Waals surface area contributed by atoms with Crippen LogP contribution in [0, 0.1) is 6.92 Å². The number of hydrogen-bond acceptors (Lipinski definition) is 7. The number of aryl methyl sites for hydroxylation is 1. The summed E-state index contributed by atoms with van der Waals surface area (Å²) in [4.78, 5) is 2.01. The van der Waals surface area contributed by atoms with Gasteiger partial charge in [0.15, 0.2) is 0 Å². The molecule has 11 heteroatoms. The lowest BCUT2D eigenvalue weighted by Crippen LogP contribution is -2.27. The molecule has 0 saturated carbocycles. The fourth-order valence-corrected chi connectivity index (χ4v) is 8.58. The predicted octanol–water partition coefficient (Wildman–Crippen LogP) is 9.14. The highest BCUT2D eigenvalue weighted by molar-refractivity contribution is 7.86. The van der Waals surface area contributed by atoms with Crippen LogP contribution in [-0.2, 0) is 37.5 Å². The van der Waals surface area contributed by atoms with Gasteiger partial charge in [-0.25, -0.2) is 0 Å². The van der Waals surface area contributed by atoms with E-state index in [-0.39, 0.29) is 9.79 Å². The van der Waals surface area contributed by atoms with Gasteiger partial charge in [-0.05, 0) is 127 Å². The van der Waals surface area contributed by atoms with E-state index in [9.17, 15) is 25.9 Å². The van der Waals surface area contributed by atoms with E-state index in [1.165, 1.54) is 23.8 Å². The SMILES string of the molecule is C=C(/C=C/C1=C(NCCc2ccc(N)cc2)C(=C/C=C2/N(CCCC)c3ccc(S(=O)(=O)O)cc3C2(C)C)/CCC1)C(C)(C)c1cc(S(=O)(=O)O)ccc1C. The summed E-state index contributed by atoms with van der Waals surface area (Å²) in [6.45, 7) is 18.1. The van der Waals surface area contributed by atoms with E-state index in [1.807, 2.05) is 51.1 Å². The van der Waals surface area contributed by atoms with Gasteiger partial charge in [-0.3, -0.25) is 9.11 Å². The average Bonchev–Trinajstić information content (AvgIpc) is 3.33. The average molecular weight is 786 g/mol. The van der Waals surface area contributed by atoms with E-state index >= 15 is 0 Å². The minimum Gasteiger partial charge on any atom is -0.399 e. The van der Waals surface area contributed by atoms with Gasteiger partial charge in [-0.15, -0.1) is 0 Å². The minimum absolute atomic E-state index is 0.111. The second-order valence-electron chi connectivity index (χ2n) is 15.6. The quantitative estimate of drug-likeness (QED) is 0.0713. The largest absolute Gasteiger partial charge is 0.399 e. The molecule has 2 aliphatic rings. The van der Waals surface area contributed by atoms with Crippen LogP contribution in [0.1, 0.15) is 89.0 Å². The molecule has 9 nitrogen and oxygen atoms in total. The lowest BCUT2D eigenvalue weighted by Gasteiger charge is -2.29. The molecule has 55 heavy (non-hydrogen) atoms. The van der Waals surface area contributed by atoms with Crippen molar-refractivity contribution in [2.24, 2.45) is 0 Å². The van der Waals surface area contributed by atoms with Crippen molar-refractivity contribution >= 4 is 31.6 Å². The summed E-state index contributed by atoms with van der Waals surface area (Å²) in [6.07, 6.45) is 13.9. The molecule has 294 valence electrons. The maximum absolute atomic E-state index is 12.1. The molecule has 0 aromatic heterocycles. The summed E-state index contributed by atoms with van der Waals surface area (Å²) >= 11 is 0. The van der Waals surface area contributed by atoms with Crippen molar-refractivity contribution in [2.75, 3.05) is 23.7 Å². The van der Waals surface area contributed by atoms with Gasteiger partial charge < -0.3 is 16.0 Å². The van der Waals surface area contributed by atoms with Crippen LogP contribution in [0.4, 0.5) is 11.4 Å². The van der Waals surface area contributed by atoms with Crippen molar-refractivity contribution in [1.82, 2.24) is 5.32 Å². The van der Waals surface area contributed by atoms with Gasteiger partial charge in [0.1, 0.15) is 0 Å². The number of nitrogens with one attached hydrogen (secondary N) is 1. The highest BCUT2D eigenvalue weighted by atomic mass is 32.2. The second kappa shape index (κ2) is 16.4. The number of benzene rings is 3. The van der Waals surface area contributed by atoms with Crippen molar-refractivity contribution in [1.29, 1.82) is 0 Å². The van der Waals surface area contributed by atoms with Gasteiger partial charge in [-0.1, -0.05) is 84.0 Å². The molecule has 0 amide bonds. The number of unbranched alkanes of at least 4 members (excludes halogenated alkanes) is 1. The van der Waals surface area contributed by atoms with Gasteiger partial charge in [0.25, 0.3) is 20.2 Å². The molecule has 0 bridgehead atoms. The summed E-state index contributed by atoms with van der Waals surface area (Å²) in [6, 6.07) is 17.4. The fraction of sp³-hybridized carbons (Fsp3) is 0.364. The molecule has 1 aliphatic carbocycles. The molecule has 0 fully saturated rings. The summed E-state index contributed by atoms with van der Waals surface area (Å²) in [7, 11) is -8.74. The number of allylic oxidation sites excluding steroid dienone is 8. The molecular weight excluding hydrogens is 731 g/mol. The van der Waals surface area contributed by atoms with Crippen LogP contribution in [0.25, 0.3) is 0 Å². The zero-order valence-corrected chi connectivity index (χ0v) is 34.4. The lowest BCUT2D eigenvalue weighted by atomic mass is 9.76. The third-order valence-electron chi connectivity index (χ3n) is 11.0. The van der Waals surface area contributed by atoms with E-state index in [2.05, 4.69) is 55.8 Å². The highest BCUT2D eigenvalue weighted by Crippen LogP contribution is 2.49. The van der Waals surface area contributed by atoms with Crippen LogP contribution in [-0.4, -0.2) is 39.0 Å². The molecular formula is C44H55N3O6S2. The number of nitrogen functional groups attached to an aromatic ring is 1. The van der Waals surface area contributed by atoms with Gasteiger partial charge in [-0.2, -0.15) is 16.8 Å². The van der Waals surface area contributed by atoms with Crippen molar-refractivity contribution < 1.29 is 25.9 Å². The molecule has 5 rings (SSSR count). The maximum Gasteiger partial charge on any atom is 0.294 e. The summed E-state index contributed by atoms with van der Waals surface area (Å²) < 4.78 is 67.8. The van der Waals surface area contributed by atoms with E-state index in [4.69, 9.17) is 5.73 Å². The predicted molar refractivity (Wildman–Crippen MR) is 223 cm³/mol. The fourth-order valence-electron chi connectivity index (χ4n) is 7.57. The van der Waals surface area contributed by atoms with Gasteiger partial charge >= 0.3 is 0 Å². The number of rotatable bonds is 14. The van der Waals surface area contributed by atoms with E-state index in [0.717, 1.165) is 101 Å². The monoisotopic (exact) mass is 785 g/mol. The van der Waals surface area contributed by atoms with Gasteiger partial charge in [0.05, 0.1) is 9.79 Å². The van der Waals surface area contributed by atoms with Crippen LogP contribution < -0.4 is 16.0 Å². The second-order valence-corrected chi connectivity index (χ2v) is 18.5. The Balaban J connectivity index is 1.55. The topological polar surface area (TPSA) is 150 Å². The molecule has 0 radical (unpaired) electrons. The molecule has 1 aliphatic heterocycles. The molecule has 3 aromatic rings. The van der Waals surface area contributed by atoms with Gasteiger partial charge in [0.2, 0.25) is 0 Å². The summed E-state index contributed by atoms with van der Waals surface area (Å²) in [5, 5.41) is 3.76. The lowest BCUT2D eigenvalue weighted by molar-refractivity contribution is 0.480. The Morgan fingerprint density at radius 3 is 2.27 bits per heavy atom. The van der Waals surface area contributed by atoms with E-state index in [1.54, 1.807) is 18.2 Å². The number of nitrogens with two attached hydrogens (primary N) is 1. The maximum atomic E-state index is 12.1. The van der Waals surface area contributed by atoms with Crippen molar-refractivity contribution in [2.45, 2.75) is 101 Å². The molecule has 0 spiro atoms. The zero-order valence-electron chi connectivity index (χ0n) is 32.8. The van der Waals surface area contributed by atoms with E-state index < -0.39 is 31.1 Å². The Morgan fingerprint density at radius 1 is 0.964 bits per heavy atom. The van der Waals surface area contributed by atoms with Crippen LogP contribution >= 0.6 is 0 Å². The Morgan fingerprint density at radius 2 is 1.62 bits per heavy atom.